The Morgan fingerprint density at radius 2 is 1.90 bits per heavy atom. The molecule has 2 heterocycles. The van der Waals surface area contributed by atoms with Crippen LogP contribution in [0.1, 0.15) is 36.1 Å². The second kappa shape index (κ2) is 8.95. The first kappa shape index (κ1) is 19.9. The third kappa shape index (κ3) is 4.27. The molecular weight excluding hydrogens is 372 g/mol. The summed E-state index contributed by atoms with van der Waals surface area (Å²) >= 11 is 0. The Morgan fingerprint density at radius 3 is 2.63 bits per heavy atom. The van der Waals surface area contributed by atoms with E-state index < -0.39 is 0 Å². The zero-order chi connectivity index (χ0) is 20.9. The molecule has 2 atom stereocenters. The molecule has 2 aliphatic rings. The molecule has 0 bridgehead atoms. The number of amides is 1. The molecule has 2 aliphatic heterocycles. The molecule has 0 aromatic heterocycles. The molecule has 1 amide bonds. The predicted octanol–water partition coefficient (Wildman–Crippen LogP) is 3.23. The number of carbonyl (C=O) groups excluding carboxylic acids is 1. The molecule has 5 nitrogen and oxygen atoms in total. The number of piperidine rings is 1. The lowest BCUT2D eigenvalue weighted by Gasteiger charge is -2.40. The molecule has 0 N–H and O–H groups in total. The Labute approximate surface area is 177 Å². The van der Waals surface area contributed by atoms with Gasteiger partial charge in [0.1, 0.15) is 6.67 Å². The van der Waals surface area contributed by atoms with Crippen LogP contribution in [0.2, 0.25) is 0 Å². The molecular formula is C25H24N4O. The van der Waals surface area contributed by atoms with Crippen molar-refractivity contribution in [2.24, 2.45) is 10.9 Å². The van der Waals surface area contributed by atoms with Gasteiger partial charge in [0.25, 0.3) is 0 Å². The number of nitriles is 1. The van der Waals surface area contributed by atoms with E-state index in [9.17, 15) is 4.79 Å². The number of hydrogen-bond acceptors (Lipinski definition) is 4. The van der Waals surface area contributed by atoms with Crippen molar-refractivity contribution in [1.82, 2.24) is 9.80 Å². The fourth-order valence-electron chi connectivity index (χ4n) is 4.00. The van der Waals surface area contributed by atoms with Gasteiger partial charge in [-0.15, -0.1) is 0 Å². The minimum Gasteiger partial charge on any atom is -0.316 e. The molecule has 1 fully saturated rings. The van der Waals surface area contributed by atoms with Crippen molar-refractivity contribution in [3.63, 3.8) is 0 Å². The highest BCUT2D eigenvalue weighted by molar-refractivity contribution is 6.06. The van der Waals surface area contributed by atoms with Crippen LogP contribution in [0.5, 0.6) is 0 Å². The Kier molecular flexibility index (Phi) is 5.93. The first-order valence-electron chi connectivity index (χ1n) is 10.3. The van der Waals surface area contributed by atoms with Gasteiger partial charge in [-0.3, -0.25) is 14.7 Å². The average Bonchev–Trinajstić information content (AvgIpc) is 2.80. The molecule has 2 aromatic rings. The number of fused-ring (bicyclic) bond motifs is 1. The Balaban J connectivity index is 1.42. The zero-order valence-corrected chi connectivity index (χ0v) is 17.1. The van der Waals surface area contributed by atoms with E-state index in [1.807, 2.05) is 54.3 Å². The minimum atomic E-state index is -0.188. The molecule has 0 saturated carbocycles. The van der Waals surface area contributed by atoms with Crippen molar-refractivity contribution >= 4 is 11.6 Å². The summed E-state index contributed by atoms with van der Waals surface area (Å²) in [6.07, 6.45) is 0.822. The van der Waals surface area contributed by atoms with Crippen molar-refractivity contribution in [2.45, 2.75) is 19.4 Å². The van der Waals surface area contributed by atoms with Crippen LogP contribution in [0, 0.1) is 29.1 Å². The van der Waals surface area contributed by atoms with Crippen molar-refractivity contribution in [1.29, 1.82) is 5.26 Å². The molecule has 5 heteroatoms. The largest absolute Gasteiger partial charge is 0.316 e. The normalized spacial score (nSPS) is 19.7. The summed E-state index contributed by atoms with van der Waals surface area (Å²) in [5, 5.41) is 8.99. The lowest BCUT2D eigenvalue weighted by atomic mass is 9.91. The quantitative estimate of drug-likeness (QED) is 0.749. The number of likely N-dealkylation sites (tertiary alicyclic amines) is 1. The number of carbonyl (C=O) groups is 1. The van der Waals surface area contributed by atoms with E-state index in [1.54, 1.807) is 12.1 Å². The molecule has 30 heavy (non-hydrogen) atoms. The van der Waals surface area contributed by atoms with E-state index >= 15 is 0 Å². The van der Waals surface area contributed by atoms with Gasteiger partial charge >= 0.3 is 0 Å². The highest BCUT2D eigenvalue weighted by Crippen LogP contribution is 2.28. The summed E-state index contributed by atoms with van der Waals surface area (Å²) in [7, 11) is 0. The fourth-order valence-corrected chi connectivity index (χ4v) is 4.00. The van der Waals surface area contributed by atoms with Crippen LogP contribution in [0.3, 0.4) is 0 Å². The number of benzene rings is 2. The lowest BCUT2D eigenvalue weighted by molar-refractivity contribution is -0.137. The zero-order valence-electron chi connectivity index (χ0n) is 17.1. The van der Waals surface area contributed by atoms with Crippen LogP contribution in [-0.2, 0) is 4.79 Å². The van der Waals surface area contributed by atoms with Crippen LogP contribution >= 0.6 is 0 Å². The number of nitrogens with zero attached hydrogens (tertiary/aromatic N) is 4. The van der Waals surface area contributed by atoms with Crippen molar-refractivity contribution in [2.75, 3.05) is 26.3 Å². The van der Waals surface area contributed by atoms with Gasteiger partial charge in [0.15, 0.2) is 0 Å². The van der Waals surface area contributed by atoms with Gasteiger partial charge in [0.2, 0.25) is 5.91 Å². The third-order valence-corrected chi connectivity index (χ3v) is 5.83. The average molecular weight is 396 g/mol. The van der Waals surface area contributed by atoms with E-state index in [0.29, 0.717) is 25.3 Å². The van der Waals surface area contributed by atoms with E-state index in [1.165, 1.54) is 0 Å². The van der Waals surface area contributed by atoms with Gasteiger partial charge in [-0.2, -0.15) is 5.26 Å². The fraction of sp³-hybridized carbons (Fsp3) is 0.320. The third-order valence-electron chi connectivity index (χ3n) is 5.83. The van der Waals surface area contributed by atoms with Crippen LogP contribution in [0.4, 0.5) is 0 Å². The van der Waals surface area contributed by atoms with Crippen molar-refractivity contribution in [3.8, 4) is 17.9 Å². The van der Waals surface area contributed by atoms with Gasteiger partial charge in [0, 0.05) is 24.4 Å². The summed E-state index contributed by atoms with van der Waals surface area (Å²) < 4.78 is 0. The summed E-state index contributed by atoms with van der Waals surface area (Å²) in [5.74, 6) is 6.38. The minimum absolute atomic E-state index is 0.0798. The number of aliphatic imine (C=N–C) groups is 1. The Bertz CT molecular complexity index is 1040. The standard InChI is InChI=1S/C25H24N4O/c1-19(22-11-9-21(16-26)10-12-22)29-18-27-24-13-15-28(17-23(24)25(29)30)14-5-8-20-6-3-2-4-7-20/h2-4,6-7,9-12,19,23H,13-15,17-18H2,1H3. The maximum atomic E-state index is 13.3. The summed E-state index contributed by atoms with van der Waals surface area (Å²) in [5.41, 5.74) is 3.67. The summed E-state index contributed by atoms with van der Waals surface area (Å²) in [6, 6.07) is 19.4. The van der Waals surface area contributed by atoms with Crippen LogP contribution in [0.25, 0.3) is 0 Å². The molecule has 2 aromatic carbocycles. The van der Waals surface area contributed by atoms with Gasteiger partial charge in [0.05, 0.1) is 30.1 Å². The van der Waals surface area contributed by atoms with Crippen molar-refractivity contribution < 1.29 is 4.79 Å². The number of rotatable bonds is 3. The Morgan fingerprint density at radius 1 is 1.13 bits per heavy atom. The van der Waals surface area contributed by atoms with Gasteiger partial charge in [-0.05, 0) is 43.2 Å². The van der Waals surface area contributed by atoms with E-state index in [0.717, 1.165) is 29.8 Å². The first-order chi connectivity index (χ1) is 14.7. The summed E-state index contributed by atoms with van der Waals surface area (Å²) in [6.45, 7) is 4.62. The maximum Gasteiger partial charge on any atom is 0.234 e. The first-order valence-corrected chi connectivity index (χ1v) is 10.3. The van der Waals surface area contributed by atoms with Crippen molar-refractivity contribution in [3.05, 3.63) is 71.3 Å². The molecule has 1 saturated heterocycles. The van der Waals surface area contributed by atoms with E-state index in [-0.39, 0.29) is 17.9 Å². The van der Waals surface area contributed by atoms with E-state index in [2.05, 4.69) is 22.8 Å². The molecule has 0 radical (unpaired) electrons. The van der Waals surface area contributed by atoms with Crippen LogP contribution in [-0.4, -0.2) is 47.7 Å². The SMILES string of the molecule is CC(c1ccc(C#N)cc1)N1CN=C2CCN(CC#Cc3ccccc3)CC2C1=O. The second-order valence-electron chi connectivity index (χ2n) is 7.71. The molecule has 0 spiro atoms. The molecule has 0 aliphatic carbocycles. The van der Waals surface area contributed by atoms with Crippen LogP contribution < -0.4 is 0 Å². The monoisotopic (exact) mass is 396 g/mol. The molecule has 150 valence electrons. The smallest absolute Gasteiger partial charge is 0.234 e. The second-order valence-corrected chi connectivity index (χ2v) is 7.71. The molecule has 4 rings (SSSR count). The van der Waals surface area contributed by atoms with Gasteiger partial charge < -0.3 is 4.90 Å². The number of hydrogen-bond donors (Lipinski definition) is 0. The van der Waals surface area contributed by atoms with E-state index in [4.69, 9.17) is 10.3 Å². The predicted molar refractivity (Wildman–Crippen MR) is 117 cm³/mol. The van der Waals surface area contributed by atoms with Crippen LogP contribution in [0.15, 0.2) is 59.6 Å². The maximum absolute atomic E-state index is 13.3. The van der Waals surface area contributed by atoms with Gasteiger partial charge in [-0.1, -0.05) is 42.2 Å². The highest BCUT2D eigenvalue weighted by Gasteiger charge is 2.38. The Hall–Kier alpha value is -3.41. The molecule has 2 unspecified atom stereocenters. The van der Waals surface area contributed by atoms with Gasteiger partial charge in [-0.25, -0.2) is 0 Å². The highest BCUT2D eigenvalue weighted by atomic mass is 16.2. The topological polar surface area (TPSA) is 59.7 Å². The lowest BCUT2D eigenvalue weighted by Crippen LogP contribution is -2.52. The summed E-state index contributed by atoms with van der Waals surface area (Å²) in [4.78, 5) is 22.1.